The summed E-state index contributed by atoms with van der Waals surface area (Å²) in [5.41, 5.74) is 1.43. The van der Waals surface area contributed by atoms with Crippen LogP contribution in [0.25, 0.3) is 0 Å². The first-order valence-corrected chi connectivity index (χ1v) is 7.39. The third-order valence-electron chi connectivity index (χ3n) is 3.98. The highest BCUT2D eigenvalue weighted by Crippen LogP contribution is 2.25. The Hall–Kier alpha value is -0.900. The van der Waals surface area contributed by atoms with Crippen LogP contribution < -0.4 is 0 Å². The lowest BCUT2D eigenvalue weighted by Gasteiger charge is -2.40. The van der Waals surface area contributed by atoms with Gasteiger partial charge < -0.3 is 10.0 Å². The van der Waals surface area contributed by atoms with E-state index in [0.29, 0.717) is 12.6 Å². The zero-order valence-electron chi connectivity index (χ0n) is 12.0. The van der Waals surface area contributed by atoms with Crippen LogP contribution in [0.5, 0.6) is 0 Å². The summed E-state index contributed by atoms with van der Waals surface area (Å²) in [5.74, 6) is 0. The highest BCUT2D eigenvalue weighted by Gasteiger charge is 2.25. The molecule has 1 heterocycles. The summed E-state index contributed by atoms with van der Waals surface area (Å²) in [4.78, 5) is 5.02. The van der Waals surface area contributed by atoms with Crippen molar-refractivity contribution < 1.29 is 5.11 Å². The summed E-state index contributed by atoms with van der Waals surface area (Å²) in [6.45, 7) is 4.89. The molecule has 1 unspecified atom stereocenters. The van der Waals surface area contributed by atoms with Gasteiger partial charge in [0.15, 0.2) is 0 Å². The van der Waals surface area contributed by atoms with E-state index in [1.165, 1.54) is 12.0 Å². The van der Waals surface area contributed by atoms with Gasteiger partial charge in [-0.15, -0.1) is 0 Å². The van der Waals surface area contributed by atoms with Gasteiger partial charge in [-0.3, -0.25) is 4.90 Å². The monoisotopic (exact) mass is 262 g/mol. The van der Waals surface area contributed by atoms with E-state index in [2.05, 4.69) is 47.2 Å². The van der Waals surface area contributed by atoms with Gasteiger partial charge in [-0.25, -0.2) is 0 Å². The number of hydrogen-bond donors (Lipinski definition) is 1. The predicted octanol–water partition coefficient (Wildman–Crippen LogP) is 2.14. The van der Waals surface area contributed by atoms with Crippen molar-refractivity contribution >= 4 is 0 Å². The molecule has 1 N–H and O–H groups in total. The second-order valence-electron chi connectivity index (χ2n) is 5.51. The minimum Gasteiger partial charge on any atom is -0.396 e. The first kappa shape index (κ1) is 14.5. The normalized spacial score (nSPS) is 21.7. The summed E-state index contributed by atoms with van der Waals surface area (Å²) in [7, 11) is 2.21. The molecule has 0 aliphatic carbocycles. The standard InChI is InChI=1S/C16H26N2O/c1-17-11-12-18(10-6-3-7-13-19)16(14-17)15-8-4-2-5-9-15/h2,4-5,8-9,16,19H,3,6-7,10-14H2,1H3. The molecular weight excluding hydrogens is 236 g/mol. The van der Waals surface area contributed by atoms with Gasteiger partial charge in [0.05, 0.1) is 0 Å². The molecule has 1 fully saturated rings. The fourth-order valence-corrected chi connectivity index (χ4v) is 2.82. The van der Waals surface area contributed by atoms with E-state index in [0.717, 1.165) is 39.0 Å². The van der Waals surface area contributed by atoms with E-state index in [9.17, 15) is 0 Å². The van der Waals surface area contributed by atoms with E-state index in [1.54, 1.807) is 0 Å². The van der Waals surface area contributed by atoms with Gasteiger partial charge in [0.2, 0.25) is 0 Å². The second kappa shape index (κ2) is 7.63. The summed E-state index contributed by atoms with van der Waals surface area (Å²) in [5, 5.41) is 8.85. The third-order valence-corrected chi connectivity index (χ3v) is 3.98. The molecule has 1 saturated heterocycles. The maximum Gasteiger partial charge on any atom is 0.0475 e. The van der Waals surface area contributed by atoms with E-state index in [4.69, 9.17) is 5.11 Å². The largest absolute Gasteiger partial charge is 0.396 e. The molecule has 0 saturated carbocycles. The van der Waals surface area contributed by atoms with Crippen molar-refractivity contribution in [3.63, 3.8) is 0 Å². The van der Waals surface area contributed by atoms with Crippen LogP contribution in [0.4, 0.5) is 0 Å². The highest BCUT2D eigenvalue weighted by molar-refractivity contribution is 5.20. The molecule has 0 amide bonds. The van der Waals surface area contributed by atoms with Crippen LogP contribution in [0, 0.1) is 0 Å². The lowest BCUT2D eigenvalue weighted by Crippen LogP contribution is -2.47. The molecule has 0 radical (unpaired) electrons. The van der Waals surface area contributed by atoms with Crippen LogP contribution in [0.2, 0.25) is 0 Å². The van der Waals surface area contributed by atoms with Gasteiger partial charge in [0, 0.05) is 32.3 Å². The van der Waals surface area contributed by atoms with Crippen molar-refractivity contribution in [3.8, 4) is 0 Å². The topological polar surface area (TPSA) is 26.7 Å². The Morgan fingerprint density at radius 2 is 1.89 bits per heavy atom. The zero-order chi connectivity index (χ0) is 13.5. The predicted molar refractivity (Wildman–Crippen MR) is 79.2 cm³/mol. The summed E-state index contributed by atoms with van der Waals surface area (Å²) in [6.07, 6.45) is 3.25. The summed E-state index contributed by atoms with van der Waals surface area (Å²) >= 11 is 0. The van der Waals surface area contributed by atoms with Crippen LogP contribution in [0.3, 0.4) is 0 Å². The number of hydrogen-bond acceptors (Lipinski definition) is 3. The fraction of sp³-hybridized carbons (Fsp3) is 0.625. The average Bonchev–Trinajstić information content (AvgIpc) is 2.46. The number of nitrogens with zero attached hydrogens (tertiary/aromatic N) is 2. The van der Waals surface area contributed by atoms with Crippen LogP contribution in [-0.4, -0.2) is 54.7 Å². The van der Waals surface area contributed by atoms with Crippen LogP contribution >= 0.6 is 0 Å². The van der Waals surface area contributed by atoms with E-state index >= 15 is 0 Å². The van der Waals surface area contributed by atoms with Gasteiger partial charge in [-0.1, -0.05) is 30.3 Å². The molecule has 2 rings (SSSR count). The molecule has 3 nitrogen and oxygen atoms in total. The Bertz CT molecular complexity index is 355. The molecular formula is C16H26N2O. The number of benzene rings is 1. The fourth-order valence-electron chi connectivity index (χ4n) is 2.82. The maximum absolute atomic E-state index is 8.85. The molecule has 1 aliphatic rings. The van der Waals surface area contributed by atoms with E-state index in [-0.39, 0.29) is 0 Å². The van der Waals surface area contributed by atoms with Gasteiger partial charge in [-0.05, 0) is 38.4 Å². The van der Waals surface area contributed by atoms with Crippen LogP contribution in [0.1, 0.15) is 30.9 Å². The second-order valence-corrected chi connectivity index (χ2v) is 5.51. The van der Waals surface area contributed by atoms with Crippen molar-refractivity contribution in [2.75, 3.05) is 39.8 Å². The first-order chi connectivity index (χ1) is 9.31. The minimum absolute atomic E-state index is 0.324. The molecule has 0 bridgehead atoms. The molecule has 1 aliphatic heterocycles. The van der Waals surface area contributed by atoms with E-state index in [1.807, 2.05) is 0 Å². The molecule has 0 spiro atoms. The number of aliphatic hydroxyl groups is 1. The number of aliphatic hydroxyl groups excluding tert-OH is 1. The SMILES string of the molecule is CN1CCN(CCCCCO)C(c2ccccc2)C1. The minimum atomic E-state index is 0.324. The van der Waals surface area contributed by atoms with Crippen molar-refractivity contribution in [2.24, 2.45) is 0 Å². The molecule has 1 atom stereocenters. The van der Waals surface area contributed by atoms with Crippen molar-refractivity contribution in [2.45, 2.75) is 25.3 Å². The molecule has 19 heavy (non-hydrogen) atoms. The third kappa shape index (κ3) is 4.30. The van der Waals surface area contributed by atoms with Crippen LogP contribution in [0.15, 0.2) is 30.3 Å². The Morgan fingerprint density at radius 3 is 2.63 bits per heavy atom. The Kier molecular flexibility index (Phi) is 5.83. The average molecular weight is 262 g/mol. The van der Waals surface area contributed by atoms with Crippen molar-refractivity contribution in [1.82, 2.24) is 9.80 Å². The number of likely N-dealkylation sites (N-methyl/N-ethyl adjacent to an activating group) is 1. The highest BCUT2D eigenvalue weighted by atomic mass is 16.2. The van der Waals surface area contributed by atoms with Crippen molar-refractivity contribution in [3.05, 3.63) is 35.9 Å². The molecule has 0 aromatic heterocycles. The van der Waals surface area contributed by atoms with E-state index < -0.39 is 0 Å². The smallest absolute Gasteiger partial charge is 0.0475 e. The lowest BCUT2D eigenvalue weighted by molar-refractivity contribution is 0.0877. The van der Waals surface area contributed by atoms with Crippen LogP contribution in [-0.2, 0) is 0 Å². The molecule has 106 valence electrons. The Balaban J connectivity index is 1.95. The van der Waals surface area contributed by atoms with Gasteiger partial charge in [0.1, 0.15) is 0 Å². The Labute approximate surface area is 116 Å². The number of piperazine rings is 1. The van der Waals surface area contributed by atoms with Gasteiger partial charge >= 0.3 is 0 Å². The summed E-state index contributed by atoms with van der Waals surface area (Å²) < 4.78 is 0. The van der Waals surface area contributed by atoms with Gasteiger partial charge in [-0.2, -0.15) is 0 Å². The quantitative estimate of drug-likeness (QED) is 0.796. The first-order valence-electron chi connectivity index (χ1n) is 7.39. The number of rotatable bonds is 6. The van der Waals surface area contributed by atoms with Gasteiger partial charge in [0.25, 0.3) is 0 Å². The number of unbranched alkanes of at least 4 members (excludes halogenated alkanes) is 2. The molecule has 1 aromatic carbocycles. The molecule has 3 heteroatoms. The Morgan fingerprint density at radius 1 is 1.11 bits per heavy atom. The summed E-state index contributed by atoms with van der Waals surface area (Å²) in [6, 6.07) is 11.4. The lowest BCUT2D eigenvalue weighted by atomic mass is 10.0. The van der Waals surface area contributed by atoms with Crippen molar-refractivity contribution in [1.29, 1.82) is 0 Å². The maximum atomic E-state index is 8.85. The zero-order valence-corrected chi connectivity index (χ0v) is 12.0. The molecule has 1 aromatic rings.